The third kappa shape index (κ3) is 8.29. The number of hydrogen-bond acceptors (Lipinski definition) is 5. The van der Waals surface area contributed by atoms with Gasteiger partial charge in [-0.3, -0.25) is 4.79 Å². The number of carbonyl (C=O) groups is 2. The molecule has 0 saturated carbocycles. The molecule has 0 spiro atoms. The van der Waals surface area contributed by atoms with Gasteiger partial charge in [0.25, 0.3) is 0 Å². The number of rotatable bonds is 11. The van der Waals surface area contributed by atoms with Crippen LogP contribution in [0.15, 0.2) is 42.5 Å². The number of ketones is 1. The second-order valence-electron chi connectivity index (χ2n) is 5.84. The maximum Gasteiger partial charge on any atom is 0.330 e. The lowest BCUT2D eigenvalue weighted by atomic mass is 10.0. The van der Waals surface area contributed by atoms with Crippen molar-refractivity contribution in [1.82, 2.24) is 0 Å². The highest BCUT2D eigenvalue weighted by Crippen LogP contribution is 2.15. The van der Waals surface area contributed by atoms with Crippen LogP contribution >= 0.6 is 11.6 Å². The summed E-state index contributed by atoms with van der Waals surface area (Å²) in [5.41, 5.74) is -0.0776. The number of ether oxygens (including phenoxy) is 3. The second-order valence-corrected chi connectivity index (χ2v) is 6.15. The van der Waals surface area contributed by atoms with E-state index in [2.05, 4.69) is 0 Å². The van der Waals surface area contributed by atoms with Crippen molar-refractivity contribution in [3.63, 3.8) is 0 Å². The summed E-state index contributed by atoms with van der Waals surface area (Å²) in [6, 6.07) is 9.55. The molecular weight excluding hydrogens is 344 g/mol. The van der Waals surface area contributed by atoms with Gasteiger partial charge in [-0.1, -0.05) is 30.3 Å². The van der Waals surface area contributed by atoms with Crippen LogP contribution in [-0.2, 0) is 30.4 Å². The van der Waals surface area contributed by atoms with E-state index in [1.807, 2.05) is 37.3 Å². The average Bonchev–Trinajstić information content (AvgIpc) is 2.62. The van der Waals surface area contributed by atoms with E-state index in [9.17, 15) is 9.59 Å². The first-order valence-corrected chi connectivity index (χ1v) is 8.67. The van der Waals surface area contributed by atoms with Crippen LogP contribution in [-0.4, -0.2) is 42.6 Å². The van der Waals surface area contributed by atoms with Crippen LogP contribution in [0.5, 0.6) is 0 Å². The highest BCUT2D eigenvalue weighted by Gasteiger charge is 2.26. The van der Waals surface area contributed by atoms with Gasteiger partial charge in [-0.05, 0) is 32.4 Å². The largest absolute Gasteiger partial charge is 0.460 e. The van der Waals surface area contributed by atoms with Crippen LogP contribution in [0.25, 0.3) is 0 Å². The second kappa shape index (κ2) is 11.0. The summed E-state index contributed by atoms with van der Waals surface area (Å²) in [7, 11) is 0. The fraction of sp³-hybridized carbons (Fsp3) is 0.474. The molecule has 0 radical (unpaired) electrons. The zero-order valence-corrected chi connectivity index (χ0v) is 15.6. The van der Waals surface area contributed by atoms with Crippen LogP contribution in [0.4, 0.5) is 0 Å². The molecule has 0 saturated heterocycles. The normalized spacial score (nSPS) is 13.0. The van der Waals surface area contributed by atoms with E-state index in [0.29, 0.717) is 13.2 Å². The lowest BCUT2D eigenvalue weighted by Gasteiger charge is -2.22. The van der Waals surface area contributed by atoms with Crippen molar-refractivity contribution < 1.29 is 23.8 Å². The Labute approximate surface area is 153 Å². The molecule has 1 rings (SSSR count). The zero-order chi connectivity index (χ0) is 18.7. The smallest absolute Gasteiger partial charge is 0.330 e. The number of esters is 1. The van der Waals surface area contributed by atoms with Gasteiger partial charge in [-0.15, -0.1) is 11.6 Å². The van der Waals surface area contributed by atoms with Gasteiger partial charge in [0.2, 0.25) is 0 Å². The molecule has 0 N–H and O–H groups in total. The highest BCUT2D eigenvalue weighted by atomic mass is 35.5. The molecule has 5 nitrogen and oxygen atoms in total. The van der Waals surface area contributed by atoms with E-state index < -0.39 is 11.6 Å². The van der Waals surface area contributed by atoms with E-state index in [4.69, 9.17) is 25.8 Å². The predicted molar refractivity (Wildman–Crippen MR) is 96.6 cm³/mol. The highest BCUT2D eigenvalue weighted by molar-refractivity contribution is 6.18. The number of halogens is 1. The first kappa shape index (κ1) is 21.4. The molecule has 0 bridgehead atoms. The van der Waals surface area contributed by atoms with E-state index in [1.54, 1.807) is 13.8 Å². The van der Waals surface area contributed by atoms with Crippen molar-refractivity contribution in [2.45, 2.75) is 39.1 Å². The third-order valence-electron chi connectivity index (χ3n) is 3.39. The van der Waals surface area contributed by atoms with Crippen molar-refractivity contribution in [3.05, 3.63) is 48.0 Å². The molecule has 6 heteroatoms. The predicted octanol–water partition coefficient (Wildman–Crippen LogP) is 3.29. The summed E-state index contributed by atoms with van der Waals surface area (Å²) < 4.78 is 16.0. The van der Waals surface area contributed by atoms with Gasteiger partial charge in [0.15, 0.2) is 5.78 Å². The molecule has 138 valence electrons. The molecule has 1 atom stereocenters. The maximum absolute atomic E-state index is 12.2. The molecule has 1 aromatic rings. The summed E-state index contributed by atoms with van der Waals surface area (Å²) in [4.78, 5) is 23.9. The SMILES string of the molecule is CCOC(CCl)COC(=O)/C=C/C(=O)C(C)(C)OCc1ccccc1. The quantitative estimate of drug-likeness (QED) is 0.341. The lowest BCUT2D eigenvalue weighted by molar-refractivity contribution is -0.142. The summed E-state index contributed by atoms with van der Waals surface area (Å²) in [6.45, 7) is 5.99. The third-order valence-corrected chi connectivity index (χ3v) is 3.74. The van der Waals surface area contributed by atoms with Gasteiger partial charge in [0.05, 0.1) is 12.5 Å². The minimum Gasteiger partial charge on any atom is -0.460 e. The van der Waals surface area contributed by atoms with Gasteiger partial charge in [0, 0.05) is 12.7 Å². The number of benzene rings is 1. The van der Waals surface area contributed by atoms with Gasteiger partial charge >= 0.3 is 5.97 Å². The molecule has 0 aliphatic heterocycles. The Balaban J connectivity index is 2.46. The van der Waals surface area contributed by atoms with Gasteiger partial charge < -0.3 is 14.2 Å². The molecule has 0 aliphatic carbocycles. The Hall–Kier alpha value is -1.69. The fourth-order valence-corrected chi connectivity index (χ4v) is 2.03. The molecule has 0 aliphatic rings. The Morgan fingerprint density at radius 2 is 1.88 bits per heavy atom. The summed E-state index contributed by atoms with van der Waals surface area (Å²) in [5, 5.41) is 0. The summed E-state index contributed by atoms with van der Waals surface area (Å²) in [6.07, 6.45) is 1.90. The Bertz CT molecular complexity index is 568. The minimum absolute atomic E-state index is 0.0442. The van der Waals surface area contributed by atoms with E-state index >= 15 is 0 Å². The van der Waals surface area contributed by atoms with Crippen molar-refractivity contribution in [3.8, 4) is 0 Å². The fourth-order valence-electron chi connectivity index (χ4n) is 1.85. The Kier molecular flexibility index (Phi) is 9.42. The van der Waals surface area contributed by atoms with Crippen LogP contribution in [0.1, 0.15) is 26.3 Å². The molecule has 0 amide bonds. The van der Waals surface area contributed by atoms with Crippen molar-refractivity contribution >= 4 is 23.4 Å². The van der Waals surface area contributed by atoms with Crippen LogP contribution in [0.2, 0.25) is 0 Å². The van der Waals surface area contributed by atoms with Crippen molar-refractivity contribution in [2.75, 3.05) is 19.1 Å². The molecular formula is C19H25ClO5. The summed E-state index contributed by atoms with van der Waals surface area (Å²) in [5.74, 6) is -0.717. The van der Waals surface area contributed by atoms with Crippen LogP contribution < -0.4 is 0 Å². The van der Waals surface area contributed by atoms with Gasteiger partial charge in [-0.2, -0.15) is 0 Å². The first-order chi connectivity index (χ1) is 11.9. The molecule has 1 unspecified atom stereocenters. The first-order valence-electron chi connectivity index (χ1n) is 8.13. The average molecular weight is 369 g/mol. The number of carbonyl (C=O) groups excluding carboxylic acids is 2. The van der Waals surface area contributed by atoms with Crippen LogP contribution in [0.3, 0.4) is 0 Å². The van der Waals surface area contributed by atoms with Gasteiger partial charge in [0.1, 0.15) is 18.3 Å². The van der Waals surface area contributed by atoms with Crippen molar-refractivity contribution in [2.24, 2.45) is 0 Å². The van der Waals surface area contributed by atoms with E-state index in [-0.39, 0.29) is 24.4 Å². The van der Waals surface area contributed by atoms with Crippen LogP contribution in [0, 0.1) is 0 Å². The number of alkyl halides is 1. The van der Waals surface area contributed by atoms with E-state index in [1.165, 1.54) is 6.08 Å². The molecule has 0 aromatic heterocycles. The topological polar surface area (TPSA) is 61.8 Å². The molecule has 25 heavy (non-hydrogen) atoms. The Morgan fingerprint density at radius 3 is 2.48 bits per heavy atom. The lowest BCUT2D eigenvalue weighted by Crippen LogP contribution is -2.33. The number of hydrogen-bond donors (Lipinski definition) is 0. The summed E-state index contributed by atoms with van der Waals surface area (Å²) >= 11 is 5.70. The molecule has 0 fully saturated rings. The zero-order valence-electron chi connectivity index (χ0n) is 14.9. The minimum atomic E-state index is -1.05. The molecule has 1 aromatic carbocycles. The molecule has 0 heterocycles. The van der Waals surface area contributed by atoms with Crippen molar-refractivity contribution in [1.29, 1.82) is 0 Å². The monoisotopic (exact) mass is 368 g/mol. The van der Waals surface area contributed by atoms with E-state index in [0.717, 1.165) is 11.6 Å². The Morgan fingerprint density at radius 1 is 1.20 bits per heavy atom. The standard InChI is InChI=1S/C19H25ClO5/c1-4-23-16(12-20)14-24-18(22)11-10-17(21)19(2,3)25-13-15-8-6-5-7-9-15/h5-11,16H,4,12-14H2,1-3H3/b11-10+. The maximum atomic E-state index is 12.2. The van der Waals surface area contributed by atoms with Gasteiger partial charge in [-0.25, -0.2) is 4.79 Å².